The lowest BCUT2D eigenvalue weighted by atomic mass is 10.1. The molecule has 0 aliphatic heterocycles. The van der Waals surface area contributed by atoms with E-state index in [0.717, 1.165) is 11.3 Å². The van der Waals surface area contributed by atoms with Crippen LogP contribution in [-0.2, 0) is 6.54 Å². The van der Waals surface area contributed by atoms with Crippen molar-refractivity contribution in [1.29, 1.82) is 0 Å². The summed E-state index contributed by atoms with van der Waals surface area (Å²) in [5.41, 5.74) is 3.34. The Kier molecular flexibility index (Phi) is 3.33. The number of benzene rings is 2. The van der Waals surface area contributed by atoms with Gasteiger partial charge in [0.25, 0.3) is 0 Å². The molecule has 0 aliphatic carbocycles. The molecule has 0 saturated carbocycles. The van der Waals surface area contributed by atoms with Crippen molar-refractivity contribution in [2.75, 3.05) is 11.9 Å². The van der Waals surface area contributed by atoms with Crippen LogP contribution < -0.4 is 4.90 Å². The summed E-state index contributed by atoms with van der Waals surface area (Å²) in [6.45, 7) is 2.79. The highest BCUT2D eigenvalue weighted by atomic mass is 16.3. The van der Waals surface area contributed by atoms with E-state index in [2.05, 4.69) is 30.0 Å². The van der Waals surface area contributed by atoms with Crippen LogP contribution in [-0.4, -0.2) is 12.2 Å². The predicted octanol–water partition coefficient (Wildman–Crippen LogP) is 3.34. The largest absolute Gasteiger partial charge is 0.508 e. The Bertz CT molecular complexity index is 508. The monoisotopic (exact) mass is 227 g/mol. The molecule has 0 aromatic heterocycles. The van der Waals surface area contributed by atoms with Crippen molar-refractivity contribution in [2.24, 2.45) is 0 Å². The Labute approximate surface area is 102 Å². The number of rotatable bonds is 3. The van der Waals surface area contributed by atoms with Gasteiger partial charge in [0.15, 0.2) is 0 Å². The molecule has 0 radical (unpaired) electrons. The Hall–Kier alpha value is -1.96. The maximum Gasteiger partial charge on any atom is 0.120 e. The fourth-order valence-corrected chi connectivity index (χ4v) is 1.86. The molecule has 17 heavy (non-hydrogen) atoms. The number of hydrogen-bond acceptors (Lipinski definition) is 2. The highest BCUT2D eigenvalue weighted by molar-refractivity contribution is 5.49. The molecule has 2 aromatic carbocycles. The van der Waals surface area contributed by atoms with Crippen LogP contribution in [0.2, 0.25) is 0 Å². The van der Waals surface area contributed by atoms with E-state index in [-0.39, 0.29) is 0 Å². The standard InChI is InChI=1S/C15H17NO/c1-12-6-5-8-14(10-12)16(2)11-13-7-3-4-9-15(13)17/h3-10,17H,11H2,1-2H3. The van der Waals surface area contributed by atoms with E-state index in [1.807, 2.05) is 31.3 Å². The van der Waals surface area contributed by atoms with E-state index in [1.165, 1.54) is 5.56 Å². The molecular weight excluding hydrogens is 210 g/mol. The Morgan fingerprint density at radius 2 is 1.82 bits per heavy atom. The van der Waals surface area contributed by atoms with Crippen LogP contribution in [0.1, 0.15) is 11.1 Å². The lowest BCUT2D eigenvalue weighted by molar-refractivity contribution is 0.468. The molecule has 0 bridgehead atoms. The summed E-state index contributed by atoms with van der Waals surface area (Å²) < 4.78 is 0. The summed E-state index contributed by atoms with van der Waals surface area (Å²) in [5, 5.41) is 9.73. The summed E-state index contributed by atoms with van der Waals surface area (Å²) in [6.07, 6.45) is 0. The molecule has 1 N–H and O–H groups in total. The molecule has 0 spiro atoms. The van der Waals surface area contributed by atoms with Crippen LogP contribution in [0.15, 0.2) is 48.5 Å². The third-order valence-corrected chi connectivity index (χ3v) is 2.84. The fraction of sp³-hybridized carbons (Fsp3) is 0.200. The molecule has 0 fully saturated rings. The fourth-order valence-electron chi connectivity index (χ4n) is 1.86. The van der Waals surface area contributed by atoms with E-state index in [4.69, 9.17) is 0 Å². The molecule has 0 amide bonds. The van der Waals surface area contributed by atoms with Crippen molar-refractivity contribution in [3.63, 3.8) is 0 Å². The van der Waals surface area contributed by atoms with Crippen LogP contribution >= 0.6 is 0 Å². The topological polar surface area (TPSA) is 23.5 Å². The van der Waals surface area contributed by atoms with Crippen LogP contribution in [0.5, 0.6) is 5.75 Å². The molecule has 2 aromatic rings. The second-order valence-electron chi connectivity index (χ2n) is 4.32. The van der Waals surface area contributed by atoms with Crippen molar-refractivity contribution < 1.29 is 5.11 Å². The maximum absolute atomic E-state index is 9.73. The lowest BCUT2D eigenvalue weighted by Gasteiger charge is -2.20. The van der Waals surface area contributed by atoms with Gasteiger partial charge in [-0.25, -0.2) is 0 Å². The number of para-hydroxylation sites is 1. The summed E-state index contributed by atoms with van der Waals surface area (Å²) in [4.78, 5) is 2.13. The molecule has 0 heterocycles. The average molecular weight is 227 g/mol. The molecular formula is C15H17NO. The third kappa shape index (κ3) is 2.78. The van der Waals surface area contributed by atoms with Crippen molar-refractivity contribution in [3.8, 4) is 5.75 Å². The van der Waals surface area contributed by atoms with Crippen LogP contribution in [0.3, 0.4) is 0 Å². The highest BCUT2D eigenvalue weighted by Crippen LogP contribution is 2.21. The zero-order chi connectivity index (χ0) is 12.3. The zero-order valence-electron chi connectivity index (χ0n) is 10.2. The minimum atomic E-state index is 0.354. The smallest absolute Gasteiger partial charge is 0.120 e. The Morgan fingerprint density at radius 3 is 2.53 bits per heavy atom. The summed E-state index contributed by atoms with van der Waals surface area (Å²) in [7, 11) is 2.03. The third-order valence-electron chi connectivity index (χ3n) is 2.84. The first-order valence-electron chi connectivity index (χ1n) is 5.71. The van der Waals surface area contributed by atoms with Crippen LogP contribution in [0, 0.1) is 6.92 Å². The number of aryl methyl sites for hydroxylation is 1. The molecule has 2 nitrogen and oxygen atoms in total. The second-order valence-corrected chi connectivity index (χ2v) is 4.32. The van der Waals surface area contributed by atoms with Gasteiger partial charge in [0.2, 0.25) is 0 Å². The highest BCUT2D eigenvalue weighted by Gasteiger charge is 2.05. The second kappa shape index (κ2) is 4.91. The van der Waals surface area contributed by atoms with Gasteiger partial charge in [-0.3, -0.25) is 0 Å². The number of anilines is 1. The Morgan fingerprint density at radius 1 is 1.06 bits per heavy atom. The summed E-state index contributed by atoms with van der Waals surface area (Å²) in [5.74, 6) is 0.354. The summed E-state index contributed by atoms with van der Waals surface area (Å²) in [6, 6.07) is 15.8. The first kappa shape index (κ1) is 11.5. The maximum atomic E-state index is 9.73. The van der Waals surface area contributed by atoms with Gasteiger partial charge in [-0.15, -0.1) is 0 Å². The molecule has 88 valence electrons. The van der Waals surface area contributed by atoms with Crippen LogP contribution in [0.25, 0.3) is 0 Å². The molecule has 0 saturated heterocycles. The summed E-state index contributed by atoms with van der Waals surface area (Å²) >= 11 is 0. The molecule has 0 atom stereocenters. The first-order chi connectivity index (χ1) is 8.16. The Balaban J connectivity index is 2.17. The first-order valence-corrected chi connectivity index (χ1v) is 5.71. The zero-order valence-corrected chi connectivity index (χ0v) is 10.2. The van der Waals surface area contributed by atoms with Gasteiger partial charge < -0.3 is 10.0 Å². The minimum absolute atomic E-state index is 0.354. The van der Waals surface area contributed by atoms with E-state index < -0.39 is 0 Å². The van der Waals surface area contributed by atoms with E-state index >= 15 is 0 Å². The number of phenolic OH excluding ortho intramolecular Hbond substituents is 1. The van der Waals surface area contributed by atoms with Crippen molar-refractivity contribution in [2.45, 2.75) is 13.5 Å². The van der Waals surface area contributed by atoms with Gasteiger partial charge in [-0.05, 0) is 30.7 Å². The van der Waals surface area contributed by atoms with Gasteiger partial charge >= 0.3 is 0 Å². The molecule has 2 rings (SSSR count). The van der Waals surface area contributed by atoms with Gasteiger partial charge in [-0.1, -0.05) is 30.3 Å². The van der Waals surface area contributed by atoms with E-state index in [1.54, 1.807) is 6.07 Å². The lowest BCUT2D eigenvalue weighted by Crippen LogP contribution is -2.16. The minimum Gasteiger partial charge on any atom is -0.508 e. The number of hydrogen-bond donors (Lipinski definition) is 1. The van der Waals surface area contributed by atoms with E-state index in [0.29, 0.717) is 12.3 Å². The SMILES string of the molecule is Cc1cccc(N(C)Cc2ccccc2O)c1. The quantitative estimate of drug-likeness (QED) is 0.869. The van der Waals surface area contributed by atoms with Gasteiger partial charge in [0, 0.05) is 24.8 Å². The normalized spacial score (nSPS) is 10.2. The van der Waals surface area contributed by atoms with Crippen LogP contribution in [0.4, 0.5) is 5.69 Å². The molecule has 0 unspecified atom stereocenters. The van der Waals surface area contributed by atoms with Gasteiger partial charge in [-0.2, -0.15) is 0 Å². The molecule has 0 aliphatic rings. The van der Waals surface area contributed by atoms with Crippen molar-refractivity contribution >= 4 is 5.69 Å². The number of nitrogens with zero attached hydrogens (tertiary/aromatic N) is 1. The van der Waals surface area contributed by atoms with E-state index in [9.17, 15) is 5.11 Å². The number of phenols is 1. The number of aromatic hydroxyl groups is 1. The van der Waals surface area contributed by atoms with Crippen molar-refractivity contribution in [3.05, 3.63) is 59.7 Å². The average Bonchev–Trinajstić information content (AvgIpc) is 2.32. The predicted molar refractivity (Wildman–Crippen MR) is 71.4 cm³/mol. The van der Waals surface area contributed by atoms with Gasteiger partial charge in [0.05, 0.1) is 0 Å². The molecule has 2 heteroatoms. The van der Waals surface area contributed by atoms with Gasteiger partial charge in [0.1, 0.15) is 5.75 Å². The van der Waals surface area contributed by atoms with Crippen molar-refractivity contribution in [1.82, 2.24) is 0 Å².